The van der Waals surface area contributed by atoms with E-state index in [0.29, 0.717) is 13.0 Å². The highest BCUT2D eigenvalue weighted by molar-refractivity contribution is 5.76. The number of nitrogens with zero attached hydrogens (tertiary/aromatic N) is 5. The number of amides is 1. The van der Waals surface area contributed by atoms with Crippen molar-refractivity contribution < 1.29 is 4.79 Å². The molecule has 0 aliphatic heterocycles. The van der Waals surface area contributed by atoms with Gasteiger partial charge in [-0.25, -0.2) is 15.0 Å². The predicted molar refractivity (Wildman–Crippen MR) is 96.4 cm³/mol. The van der Waals surface area contributed by atoms with Gasteiger partial charge < -0.3 is 14.8 Å². The van der Waals surface area contributed by atoms with Crippen LogP contribution in [-0.2, 0) is 24.2 Å². The first-order valence-electron chi connectivity index (χ1n) is 8.91. The highest BCUT2D eigenvalue weighted by Crippen LogP contribution is 2.29. The zero-order valence-corrected chi connectivity index (χ0v) is 15.2. The van der Waals surface area contributed by atoms with E-state index < -0.39 is 0 Å². The summed E-state index contributed by atoms with van der Waals surface area (Å²) in [7, 11) is 3.87. The molecule has 0 saturated carbocycles. The molecular weight excluding hydrogens is 316 g/mol. The number of anilines is 1. The summed E-state index contributed by atoms with van der Waals surface area (Å²) in [6, 6.07) is 0.0147. The van der Waals surface area contributed by atoms with E-state index in [-0.39, 0.29) is 11.9 Å². The van der Waals surface area contributed by atoms with Crippen LogP contribution in [-0.4, -0.2) is 39.5 Å². The summed E-state index contributed by atoms with van der Waals surface area (Å²) in [5, 5.41) is 3.16. The standard InChI is InChI=1S/C18H26N6O/c1-4-16-19-9-11-24(16)10-8-17(25)21-14-6-5-7-15-13(14)12-20-18(22-15)23(2)3/h9,11-12,14H,4-8,10H2,1-3H3,(H,21,25). The Kier molecular flexibility index (Phi) is 5.31. The number of rotatable bonds is 6. The van der Waals surface area contributed by atoms with Crippen LogP contribution in [0.5, 0.6) is 0 Å². The fraction of sp³-hybridized carbons (Fsp3) is 0.556. The third-order valence-corrected chi connectivity index (χ3v) is 4.60. The van der Waals surface area contributed by atoms with Gasteiger partial charge in [-0.15, -0.1) is 0 Å². The molecule has 3 rings (SSSR count). The van der Waals surface area contributed by atoms with Crippen LogP contribution in [0.1, 0.15) is 49.3 Å². The van der Waals surface area contributed by atoms with Gasteiger partial charge in [0.15, 0.2) is 0 Å². The molecule has 1 atom stereocenters. The average molecular weight is 342 g/mol. The molecule has 0 spiro atoms. The minimum atomic E-state index is 0.0147. The van der Waals surface area contributed by atoms with Gasteiger partial charge in [-0.2, -0.15) is 0 Å². The molecule has 1 aliphatic rings. The molecule has 2 aromatic heterocycles. The first-order chi connectivity index (χ1) is 12.1. The van der Waals surface area contributed by atoms with Crippen LogP contribution >= 0.6 is 0 Å². The summed E-state index contributed by atoms with van der Waals surface area (Å²) < 4.78 is 2.04. The fourth-order valence-corrected chi connectivity index (χ4v) is 3.25. The second kappa shape index (κ2) is 7.63. The van der Waals surface area contributed by atoms with E-state index in [1.807, 2.05) is 36.0 Å². The third-order valence-electron chi connectivity index (χ3n) is 4.60. The van der Waals surface area contributed by atoms with Gasteiger partial charge in [0.25, 0.3) is 0 Å². The van der Waals surface area contributed by atoms with Gasteiger partial charge >= 0.3 is 0 Å². The molecule has 0 radical (unpaired) electrons. The summed E-state index contributed by atoms with van der Waals surface area (Å²) in [5.41, 5.74) is 2.11. The van der Waals surface area contributed by atoms with Crippen molar-refractivity contribution in [3.8, 4) is 0 Å². The Labute approximate surface area is 148 Å². The van der Waals surface area contributed by atoms with Gasteiger partial charge in [0.05, 0.1) is 11.7 Å². The van der Waals surface area contributed by atoms with Crippen molar-refractivity contribution in [2.45, 2.75) is 51.6 Å². The molecule has 7 nitrogen and oxygen atoms in total. The van der Waals surface area contributed by atoms with Crippen LogP contribution < -0.4 is 10.2 Å². The normalized spacial score (nSPS) is 16.4. The molecule has 7 heteroatoms. The highest BCUT2D eigenvalue weighted by atomic mass is 16.1. The van der Waals surface area contributed by atoms with E-state index in [2.05, 4.69) is 27.2 Å². The molecule has 0 bridgehead atoms. The maximum absolute atomic E-state index is 12.4. The van der Waals surface area contributed by atoms with E-state index >= 15 is 0 Å². The quantitative estimate of drug-likeness (QED) is 0.867. The topological polar surface area (TPSA) is 75.9 Å². The summed E-state index contributed by atoms with van der Waals surface area (Å²) in [4.78, 5) is 27.6. The lowest BCUT2D eigenvalue weighted by Crippen LogP contribution is -2.32. The number of fused-ring (bicyclic) bond motifs is 1. The summed E-state index contributed by atoms with van der Waals surface area (Å²) >= 11 is 0. The Hall–Kier alpha value is -2.44. The lowest BCUT2D eigenvalue weighted by molar-refractivity contribution is -0.122. The van der Waals surface area contributed by atoms with Gasteiger partial charge in [0, 0.05) is 57.6 Å². The van der Waals surface area contributed by atoms with E-state index in [1.54, 1.807) is 6.20 Å². The predicted octanol–water partition coefficient (Wildman–Crippen LogP) is 1.89. The van der Waals surface area contributed by atoms with Gasteiger partial charge in [-0.3, -0.25) is 4.79 Å². The molecule has 2 aromatic rings. The lowest BCUT2D eigenvalue weighted by atomic mass is 9.92. The number of imidazole rings is 1. The SMILES string of the molecule is CCc1nccn1CCC(=O)NC1CCCc2nc(N(C)C)ncc21. The second-order valence-corrected chi connectivity index (χ2v) is 6.62. The molecule has 0 fully saturated rings. The maximum atomic E-state index is 12.4. The highest BCUT2D eigenvalue weighted by Gasteiger charge is 2.24. The largest absolute Gasteiger partial charge is 0.349 e. The number of nitrogens with one attached hydrogen (secondary N) is 1. The van der Waals surface area contributed by atoms with Crippen molar-refractivity contribution in [3.63, 3.8) is 0 Å². The van der Waals surface area contributed by atoms with Crippen molar-refractivity contribution in [1.29, 1.82) is 0 Å². The van der Waals surface area contributed by atoms with Gasteiger partial charge in [-0.05, 0) is 19.3 Å². The van der Waals surface area contributed by atoms with Gasteiger partial charge in [0.1, 0.15) is 5.82 Å². The van der Waals surface area contributed by atoms with Crippen LogP contribution in [0.15, 0.2) is 18.6 Å². The van der Waals surface area contributed by atoms with Crippen molar-refractivity contribution in [3.05, 3.63) is 35.7 Å². The number of aryl methyl sites for hydroxylation is 3. The first-order valence-corrected chi connectivity index (χ1v) is 8.91. The monoisotopic (exact) mass is 342 g/mol. The Morgan fingerprint density at radius 2 is 2.24 bits per heavy atom. The lowest BCUT2D eigenvalue weighted by Gasteiger charge is -2.26. The van der Waals surface area contributed by atoms with Crippen molar-refractivity contribution in [2.75, 3.05) is 19.0 Å². The average Bonchev–Trinajstić information content (AvgIpc) is 3.07. The summed E-state index contributed by atoms with van der Waals surface area (Å²) in [5.74, 6) is 1.80. The molecule has 2 heterocycles. The van der Waals surface area contributed by atoms with Crippen molar-refractivity contribution in [1.82, 2.24) is 24.8 Å². The number of hydrogen-bond donors (Lipinski definition) is 1. The molecule has 1 amide bonds. The van der Waals surface area contributed by atoms with E-state index in [4.69, 9.17) is 0 Å². The molecule has 1 unspecified atom stereocenters. The Morgan fingerprint density at radius 1 is 1.40 bits per heavy atom. The zero-order valence-electron chi connectivity index (χ0n) is 15.2. The summed E-state index contributed by atoms with van der Waals surface area (Å²) in [6.07, 6.45) is 9.82. The minimum absolute atomic E-state index is 0.0147. The van der Waals surface area contributed by atoms with Crippen LogP contribution in [0.25, 0.3) is 0 Å². The van der Waals surface area contributed by atoms with Crippen LogP contribution in [0.4, 0.5) is 5.95 Å². The van der Waals surface area contributed by atoms with Crippen molar-refractivity contribution in [2.24, 2.45) is 0 Å². The second-order valence-electron chi connectivity index (χ2n) is 6.62. The number of aromatic nitrogens is 4. The smallest absolute Gasteiger partial charge is 0.225 e. The Bertz CT molecular complexity index is 739. The van der Waals surface area contributed by atoms with Crippen LogP contribution in [0.3, 0.4) is 0 Å². The fourth-order valence-electron chi connectivity index (χ4n) is 3.25. The number of carbonyl (C=O) groups excluding carboxylic acids is 1. The first kappa shape index (κ1) is 17.4. The van der Waals surface area contributed by atoms with E-state index in [9.17, 15) is 4.79 Å². The van der Waals surface area contributed by atoms with Crippen molar-refractivity contribution >= 4 is 11.9 Å². The molecule has 1 aliphatic carbocycles. The maximum Gasteiger partial charge on any atom is 0.225 e. The van der Waals surface area contributed by atoms with E-state index in [0.717, 1.165) is 48.7 Å². The zero-order chi connectivity index (χ0) is 17.8. The number of carbonyl (C=O) groups is 1. The van der Waals surface area contributed by atoms with Gasteiger partial charge in [0.2, 0.25) is 11.9 Å². The van der Waals surface area contributed by atoms with Crippen LogP contribution in [0.2, 0.25) is 0 Å². The number of hydrogen-bond acceptors (Lipinski definition) is 5. The van der Waals surface area contributed by atoms with E-state index in [1.165, 1.54) is 0 Å². The molecule has 25 heavy (non-hydrogen) atoms. The van der Waals surface area contributed by atoms with Gasteiger partial charge in [-0.1, -0.05) is 6.92 Å². The molecule has 0 aromatic carbocycles. The molecular formula is C18H26N6O. The molecule has 0 saturated heterocycles. The third kappa shape index (κ3) is 3.97. The summed E-state index contributed by atoms with van der Waals surface area (Å²) in [6.45, 7) is 2.73. The molecule has 134 valence electrons. The minimum Gasteiger partial charge on any atom is -0.349 e. The Balaban J connectivity index is 1.63. The Morgan fingerprint density at radius 3 is 3.00 bits per heavy atom. The van der Waals surface area contributed by atoms with Crippen LogP contribution in [0, 0.1) is 0 Å². The molecule has 1 N–H and O–H groups in total.